The first-order valence-electron chi connectivity index (χ1n) is 10.2. The van der Waals surface area contributed by atoms with Crippen LogP contribution < -0.4 is 4.74 Å². The molecule has 9 heteroatoms. The van der Waals surface area contributed by atoms with Crippen molar-refractivity contribution in [2.24, 2.45) is 5.92 Å². The lowest BCUT2D eigenvalue weighted by Crippen LogP contribution is -2.27. The summed E-state index contributed by atoms with van der Waals surface area (Å²) in [6, 6.07) is 3.75. The van der Waals surface area contributed by atoms with E-state index in [9.17, 15) is 13.6 Å². The summed E-state index contributed by atoms with van der Waals surface area (Å²) in [5, 5.41) is 0.717. The average molecular weight is 447 g/mol. The minimum atomic E-state index is -2.56. The Hall–Kier alpha value is -2.68. The van der Waals surface area contributed by atoms with Crippen LogP contribution in [0, 0.1) is 12.8 Å². The molecule has 4 rings (SSSR count). The standard InChI is InChI=1S/C22H24F2N4O2S/c1-14-17-19(30-12-16-3-7-22(23,24)8-4-16)26-13-27-20(17)31-18(14)21(29)28(2)11-15-5-9-25-10-6-15/h5-6,9-10,13,16H,3-4,7-8,11-12H2,1-2H3. The lowest BCUT2D eigenvalue weighted by molar-refractivity contribution is -0.0499. The van der Waals surface area contributed by atoms with Crippen LogP contribution in [0.2, 0.25) is 0 Å². The zero-order valence-electron chi connectivity index (χ0n) is 17.5. The molecule has 3 heterocycles. The van der Waals surface area contributed by atoms with E-state index >= 15 is 0 Å². The Morgan fingerprint density at radius 1 is 1.26 bits per heavy atom. The molecule has 0 unspecified atom stereocenters. The van der Waals surface area contributed by atoms with Gasteiger partial charge in [-0.15, -0.1) is 11.3 Å². The second kappa shape index (κ2) is 8.82. The number of carbonyl (C=O) groups is 1. The van der Waals surface area contributed by atoms with Crippen LogP contribution in [0.4, 0.5) is 8.78 Å². The molecule has 6 nitrogen and oxygen atoms in total. The lowest BCUT2D eigenvalue weighted by atomic mass is 9.87. The summed E-state index contributed by atoms with van der Waals surface area (Å²) in [6.45, 7) is 2.67. The molecule has 3 aromatic rings. The molecule has 1 aliphatic carbocycles. The van der Waals surface area contributed by atoms with E-state index in [1.54, 1.807) is 24.3 Å². The van der Waals surface area contributed by atoms with Crippen molar-refractivity contribution in [1.82, 2.24) is 19.9 Å². The topological polar surface area (TPSA) is 68.2 Å². The SMILES string of the molecule is Cc1c(C(=O)N(C)Cc2ccncc2)sc2ncnc(OCC3CCC(F)(F)CC3)c12. The monoisotopic (exact) mass is 446 g/mol. The Labute approximate surface area is 183 Å². The highest BCUT2D eigenvalue weighted by Gasteiger charge is 2.35. The van der Waals surface area contributed by atoms with Crippen LogP contribution in [0.15, 0.2) is 30.9 Å². The van der Waals surface area contributed by atoms with Crippen LogP contribution >= 0.6 is 11.3 Å². The highest BCUT2D eigenvalue weighted by Crippen LogP contribution is 2.38. The van der Waals surface area contributed by atoms with Gasteiger partial charge in [0.2, 0.25) is 11.8 Å². The smallest absolute Gasteiger partial charge is 0.264 e. The molecule has 0 N–H and O–H groups in total. The molecule has 0 atom stereocenters. The van der Waals surface area contributed by atoms with Gasteiger partial charge in [0, 0.05) is 38.8 Å². The predicted octanol–water partition coefficient (Wildman–Crippen LogP) is 4.87. The Kier molecular flexibility index (Phi) is 6.13. The second-order valence-electron chi connectivity index (χ2n) is 8.04. The summed E-state index contributed by atoms with van der Waals surface area (Å²) in [5.41, 5.74) is 1.77. The van der Waals surface area contributed by atoms with Gasteiger partial charge in [-0.1, -0.05) is 0 Å². The van der Waals surface area contributed by atoms with Crippen LogP contribution in [0.3, 0.4) is 0 Å². The molecule has 0 spiro atoms. The van der Waals surface area contributed by atoms with Crippen molar-refractivity contribution in [2.75, 3.05) is 13.7 Å². The number of alkyl halides is 2. The average Bonchev–Trinajstić information content (AvgIpc) is 3.10. The molecule has 0 saturated heterocycles. The molecule has 3 aromatic heterocycles. The third-order valence-corrected chi connectivity index (χ3v) is 6.88. The van der Waals surface area contributed by atoms with Crippen molar-refractivity contribution >= 4 is 27.5 Å². The van der Waals surface area contributed by atoms with E-state index in [1.807, 2.05) is 19.1 Å². The third-order valence-electron chi connectivity index (χ3n) is 5.69. The molecule has 1 fully saturated rings. The van der Waals surface area contributed by atoms with E-state index in [1.165, 1.54) is 17.7 Å². The van der Waals surface area contributed by atoms with Gasteiger partial charge < -0.3 is 9.64 Å². The highest BCUT2D eigenvalue weighted by molar-refractivity contribution is 7.20. The van der Waals surface area contributed by atoms with Crippen molar-refractivity contribution in [1.29, 1.82) is 0 Å². The zero-order valence-corrected chi connectivity index (χ0v) is 18.3. The van der Waals surface area contributed by atoms with E-state index in [2.05, 4.69) is 15.0 Å². The number of aromatic nitrogens is 3. The first-order valence-corrected chi connectivity index (χ1v) is 11.0. The minimum absolute atomic E-state index is 0.0798. The lowest BCUT2D eigenvalue weighted by Gasteiger charge is -2.27. The predicted molar refractivity (Wildman–Crippen MR) is 115 cm³/mol. The Bertz CT molecular complexity index is 1060. The quantitative estimate of drug-likeness (QED) is 0.540. The van der Waals surface area contributed by atoms with Gasteiger partial charge in [-0.25, -0.2) is 18.7 Å². The van der Waals surface area contributed by atoms with E-state index in [-0.39, 0.29) is 24.7 Å². The third kappa shape index (κ3) is 4.81. The molecule has 0 aromatic carbocycles. The van der Waals surface area contributed by atoms with Crippen molar-refractivity contribution in [2.45, 2.75) is 45.1 Å². The van der Waals surface area contributed by atoms with E-state index in [0.717, 1.165) is 11.1 Å². The number of rotatable bonds is 6. The highest BCUT2D eigenvalue weighted by atomic mass is 32.1. The number of thiophene rings is 1. The number of fused-ring (bicyclic) bond motifs is 1. The number of ether oxygens (including phenoxy) is 1. The normalized spacial score (nSPS) is 16.4. The number of carbonyl (C=O) groups excluding carboxylic acids is 1. The van der Waals surface area contributed by atoms with Gasteiger partial charge >= 0.3 is 0 Å². The molecule has 1 saturated carbocycles. The minimum Gasteiger partial charge on any atom is -0.477 e. The maximum atomic E-state index is 13.4. The van der Waals surface area contributed by atoms with Crippen LogP contribution in [0.5, 0.6) is 5.88 Å². The molecule has 1 aliphatic rings. The van der Waals surface area contributed by atoms with Crippen LogP contribution in [0.1, 0.15) is 46.5 Å². The number of hydrogen-bond donors (Lipinski definition) is 0. The van der Waals surface area contributed by atoms with Gasteiger partial charge in [-0.2, -0.15) is 0 Å². The largest absolute Gasteiger partial charge is 0.477 e. The first-order chi connectivity index (χ1) is 14.8. The molecule has 1 amide bonds. The molecule has 164 valence electrons. The molecular weight excluding hydrogens is 422 g/mol. The van der Waals surface area contributed by atoms with Crippen molar-refractivity contribution < 1.29 is 18.3 Å². The molecular formula is C22H24F2N4O2S. The Morgan fingerprint density at radius 2 is 1.97 bits per heavy atom. The number of hydrogen-bond acceptors (Lipinski definition) is 6. The summed E-state index contributed by atoms with van der Waals surface area (Å²) in [5.74, 6) is -2.17. The van der Waals surface area contributed by atoms with Crippen LogP contribution in [-0.2, 0) is 6.54 Å². The van der Waals surface area contributed by atoms with Gasteiger partial charge in [-0.3, -0.25) is 9.78 Å². The van der Waals surface area contributed by atoms with E-state index < -0.39 is 5.92 Å². The number of halogens is 2. The van der Waals surface area contributed by atoms with E-state index in [4.69, 9.17) is 4.74 Å². The van der Waals surface area contributed by atoms with E-state index in [0.29, 0.717) is 47.0 Å². The van der Waals surface area contributed by atoms with Gasteiger partial charge in [0.15, 0.2) is 0 Å². The molecule has 0 aliphatic heterocycles. The van der Waals surface area contributed by atoms with Crippen molar-refractivity contribution in [3.8, 4) is 5.88 Å². The zero-order chi connectivity index (χ0) is 22.0. The summed E-state index contributed by atoms with van der Waals surface area (Å²) in [4.78, 5) is 28.6. The van der Waals surface area contributed by atoms with Gasteiger partial charge in [0.1, 0.15) is 11.2 Å². The van der Waals surface area contributed by atoms with Gasteiger partial charge in [-0.05, 0) is 48.9 Å². The van der Waals surface area contributed by atoms with Crippen molar-refractivity contribution in [3.05, 3.63) is 46.9 Å². The summed E-state index contributed by atoms with van der Waals surface area (Å²) >= 11 is 1.31. The fraction of sp³-hybridized carbons (Fsp3) is 0.455. The fourth-order valence-electron chi connectivity index (χ4n) is 3.82. The molecule has 31 heavy (non-hydrogen) atoms. The summed E-state index contributed by atoms with van der Waals surface area (Å²) < 4.78 is 32.7. The summed E-state index contributed by atoms with van der Waals surface area (Å²) in [7, 11) is 1.76. The Balaban J connectivity index is 1.50. The second-order valence-corrected chi connectivity index (χ2v) is 9.04. The summed E-state index contributed by atoms with van der Waals surface area (Å²) in [6.07, 6.45) is 5.49. The van der Waals surface area contributed by atoms with Crippen LogP contribution in [-0.4, -0.2) is 45.3 Å². The number of amides is 1. The van der Waals surface area contributed by atoms with Crippen LogP contribution in [0.25, 0.3) is 10.2 Å². The molecule has 0 bridgehead atoms. The number of pyridine rings is 1. The van der Waals surface area contributed by atoms with Gasteiger partial charge in [0.25, 0.3) is 5.91 Å². The van der Waals surface area contributed by atoms with Crippen molar-refractivity contribution in [3.63, 3.8) is 0 Å². The maximum Gasteiger partial charge on any atom is 0.264 e. The maximum absolute atomic E-state index is 13.4. The van der Waals surface area contributed by atoms with Gasteiger partial charge in [0.05, 0.1) is 16.9 Å². The molecule has 0 radical (unpaired) electrons. The number of nitrogens with zero attached hydrogens (tertiary/aromatic N) is 4. The fourth-order valence-corrected chi connectivity index (χ4v) is 4.96. The first kappa shape index (κ1) is 21.5. The number of aryl methyl sites for hydroxylation is 1. The Morgan fingerprint density at radius 3 is 2.68 bits per heavy atom.